The van der Waals surface area contributed by atoms with E-state index in [-0.39, 0.29) is 12.3 Å². The molecule has 1 aliphatic carbocycles. The zero-order valence-electron chi connectivity index (χ0n) is 31.6. The van der Waals surface area contributed by atoms with Crippen LogP contribution in [0.1, 0.15) is 67.5 Å². The van der Waals surface area contributed by atoms with Gasteiger partial charge in [0.15, 0.2) is 0 Å². The summed E-state index contributed by atoms with van der Waals surface area (Å²) in [5.74, 6) is -0.901. The van der Waals surface area contributed by atoms with Gasteiger partial charge in [-0.1, -0.05) is 78.9 Å². The van der Waals surface area contributed by atoms with Crippen LogP contribution in [0.3, 0.4) is 0 Å². The summed E-state index contributed by atoms with van der Waals surface area (Å²) in [5.41, 5.74) is 4.31. The van der Waals surface area contributed by atoms with Crippen molar-refractivity contribution in [2.24, 2.45) is 5.92 Å². The number of nitrogens with zero attached hydrogens (tertiary/aromatic N) is 1. The van der Waals surface area contributed by atoms with Gasteiger partial charge in [-0.15, -0.1) is 0 Å². The molecular weight excluding hydrogens is 658 g/mol. The summed E-state index contributed by atoms with van der Waals surface area (Å²) in [5, 5.41) is 28.7. The lowest BCUT2D eigenvalue weighted by Crippen LogP contribution is -2.48. The normalized spacial score (nSPS) is 17.3. The van der Waals surface area contributed by atoms with E-state index >= 15 is 0 Å². The predicted molar refractivity (Wildman–Crippen MR) is 203 cm³/mol. The lowest BCUT2D eigenvalue weighted by atomic mass is 9.88. The van der Waals surface area contributed by atoms with Gasteiger partial charge < -0.3 is 35.1 Å². The number of aliphatic hydroxyl groups is 2. The summed E-state index contributed by atoms with van der Waals surface area (Å²) < 4.78 is 16.1. The number of aliphatic hydroxyl groups excluding tert-OH is 2. The SMILES string of the molecule is COCCN(CCCc1ccc(C[C@@H](C[C@H](O)[C@H](Cc2ccccc2)NC(=O)OC(C)(C)C)C(=O)N[C@H]2c3ccccc3C[C@H]2O)cc1)CCOC. The fourth-order valence-corrected chi connectivity index (χ4v) is 6.78. The molecule has 0 aliphatic heterocycles. The minimum Gasteiger partial charge on any atom is -0.444 e. The number of fused-ring (bicyclic) bond motifs is 1. The fourth-order valence-electron chi connectivity index (χ4n) is 6.78. The highest BCUT2D eigenvalue weighted by atomic mass is 16.6. The van der Waals surface area contributed by atoms with Crippen molar-refractivity contribution in [2.45, 2.75) is 89.2 Å². The van der Waals surface area contributed by atoms with Crippen LogP contribution in [-0.2, 0) is 44.7 Å². The molecule has 4 N–H and O–H groups in total. The van der Waals surface area contributed by atoms with E-state index in [1.807, 2.05) is 54.6 Å². The summed E-state index contributed by atoms with van der Waals surface area (Å²) in [6.45, 7) is 9.38. The zero-order valence-corrected chi connectivity index (χ0v) is 31.6. The summed E-state index contributed by atoms with van der Waals surface area (Å²) >= 11 is 0. The Morgan fingerprint density at radius 3 is 2.12 bits per heavy atom. The summed E-state index contributed by atoms with van der Waals surface area (Å²) in [6.07, 6.45) is 0.741. The van der Waals surface area contributed by atoms with Gasteiger partial charge in [0.2, 0.25) is 5.91 Å². The highest BCUT2D eigenvalue weighted by Gasteiger charge is 2.35. The number of ether oxygens (including phenoxy) is 3. The Balaban J connectivity index is 1.50. The van der Waals surface area contributed by atoms with E-state index in [1.165, 1.54) is 5.56 Å². The van der Waals surface area contributed by atoms with Gasteiger partial charge in [0.25, 0.3) is 0 Å². The third kappa shape index (κ3) is 13.3. The van der Waals surface area contributed by atoms with Crippen LogP contribution in [0.15, 0.2) is 78.9 Å². The Morgan fingerprint density at radius 1 is 0.846 bits per heavy atom. The topological polar surface area (TPSA) is 130 Å². The van der Waals surface area contributed by atoms with Crippen LogP contribution in [0.2, 0.25) is 0 Å². The molecule has 5 atom stereocenters. The molecule has 0 saturated carbocycles. The third-order valence-corrected chi connectivity index (χ3v) is 9.53. The largest absolute Gasteiger partial charge is 0.444 e. The Labute approximate surface area is 309 Å². The minimum atomic E-state index is -1.07. The number of alkyl carbamates (subject to hydrolysis) is 1. The highest BCUT2D eigenvalue weighted by Crippen LogP contribution is 2.32. The summed E-state index contributed by atoms with van der Waals surface area (Å²) in [7, 11) is 3.43. The molecule has 0 heterocycles. The molecule has 0 radical (unpaired) electrons. The first-order valence-corrected chi connectivity index (χ1v) is 18.5. The predicted octanol–water partition coefficient (Wildman–Crippen LogP) is 5.03. The Morgan fingerprint density at radius 2 is 1.46 bits per heavy atom. The number of hydrogen-bond acceptors (Lipinski definition) is 8. The van der Waals surface area contributed by atoms with Crippen molar-refractivity contribution in [3.05, 3.63) is 107 Å². The van der Waals surface area contributed by atoms with Gasteiger partial charge in [0.1, 0.15) is 5.60 Å². The molecule has 0 bridgehead atoms. The first kappa shape index (κ1) is 41.0. The molecule has 0 saturated heterocycles. The second-order valence-corrected chi connectivity index (χ2v) is 14.9. The van der Waals surface area contributed by atoms with Crippen molar-refractivity contribution in [1.82, 2.24) is 15.5 Å². The van der Waals surface area contributed by atoms with Gasteiger partial charge in [-0.25, -0.2) is 4.79 Å². The molecular formula is C42H59N3O7. The Bertz CT molecular complexity index is 1500. The zero-order chi connectivity index (χ0) is 37.5. The molecule has 52 heavy (non-hydrogen) atoms. The van der Waals surface area contributed by atoms with Crippen molar-refractivity contribution in [1.29, 1.82) is 0 Å². The maximum Gasteiger partial charge on any atom is 0.407 e. The monoisotopic (exact) mass is 717 g/mol. The number of hydrogen-bond donors (Lipinski definition) is 4. The maximum absolute atomic E-state index is 14.1. The third-order valence-electron chi connectivity index (χ3n) is 9.53. The second-order valence-electron chi connectivity index (χ2n) is 14.9. The van der Waals surface area contributed by atoms with Gasteiger partial charge in [-0.05, 0) is 87.2 Å². The van der Waals surface area contributed by atoms with E-state index in [2.05, 4.69) is 39.8 Å². The molecule has 0 aromatic heterocycles. The van der Waals surface area contributed by atoms with Crippen molar-refractivity contribution in [3.8, 4) is 0 Å². The molecule has 3 aromatic rings. The molecule has 4 rings (SSSR count). The van der Waals surface area contributed by atoms with Gasteiger partial charge in [-0.2, -0.15) is 0 Å². The highest BCUT2D eigenvalue weighted by molar-refractivity contribution is 5.80. The number of rotatable bonds is 20. The van der Waals surface area contributed by atoms with E-state index in [1.54, 1.807) is 35.0 Å². The minimum absolute atomic E-state index is 0.0874. The maximum atomic E-state index is 14.1. The molecule has 0 spiro atoms. The first-order chi connectivity index (χ1) is 25.0. The number of carbonyl (C=O) groups is 2. The molecule has 0 unspecified atom stereocenters. The molecule has 10 nitrogen and oxygen atoms in total. The Hall–Kier alpha value is -3.80. The first-order valence-electron chi connectivity index (χ1n) is 18.5. The fraction of sp³-hybridized carbons (Fsp3) is 0.524. The summed E-state index contributed by atoms with van der Waals surface area (Å²) in [6, 6.07) is 24.4. The number of aryl methyl sites for hydroxylation is 1. The van der Waals surface area contributed by atoms with Crippen LogP contribution in [0.5, 0.6) is 0 Å². The number of methoxy groups -OCH3 is 2. The van der Waals surface area contributed by atoms with Gasteiger partial charge in [0.05, 0.1) is 37.5 Å². The number of amides is 2. The molecule has 2 amide bonds. The molecule has 10 heteroatoms. The van der Waals surface area contributed by atoms with E-state index in [0.717, 1.165) is 54.7 Å². The molecule has 284 valence electrons. The van der Waals surface area contributed by atoms with Gasteiger partial charge >= 0.3 is 6.09 Å². The number of carbonyl (C=O) groups excluding carboxylic acids is 2. The standard InChI is InChI=1S/C42H59N3O7/c1-42(2,3)52-41(49)43-36(27-31-12-7-6-8-13-31)37(46)29-34(40(48)44-39-35-16-10-9-15-33(35)28-38(39)47)26-32-19-17-30(18-20-32)14-11-21-45(22-24-50-4)23-25-51-5/h6-10,12-13,15-20,34,36-39,46-47H,11,14,21-29H2,1-5H3,(H,43,49)(H,44,48)/t34-,36-,37-,38+,39-/m0/s1. The van der Waals surface area contributed by atoms with Crippen molar-refractivity contribution >= 4 is 12.0 Å². The van der Waals surface area contributed by atoms with Crippen LogP contribution < -0.4 is 10.6 Å². The van der Waals surface area contributed by atoms with E-state index < -0.39 is 41.9 Å². The lowest BCUT2D eigenvalue weighted by Gasteiger charge is -2.30. The lowest BCUT2D eigenvalue weighted by molar-refractivity contribution is -0.127. The van der Waals surface area contributed by atoms with Crippen LogP contribution in [0.25, 0.3) is 0 Å². The average molecular weight is 718 g/mol. The van der Waals surface area contributed by atoms with Crippen LogP contribution in [-0.4, -0.2) is 98.0 Å². The van der Waals surface area contributed by atoms with E-state index in [0.29, 0.717) is 32.5 Å². The van der Waals surface area contributed by atoms with E-state index in [9.17, 15) is 19.8 Å². The smallest absolute Gasteiger partial charge is 0.407 e. The number of benzene rings is 3. The second kappa shape index (κ2) is 20.4. The van der Waals surface area contributed by atoms with Gasteiger partial charge in [0, 0.05) is 39.6 Å². The van der Waals surface area contributed by atoms with Gasteiger partial charge in [-0.3, -0.25) is 9.69 Å². The van der Waals surface area contributed by atoms with Crippen molar-refractivity contribution in [3.63, 3.8) is 0 Å². The van der Waals surface area contributed by atoms with Crippen molar-refractivity contribution < 1.29 is 34.0 Å². The quantitative estimate of drug-likeness (QED) is 0.128. The molecule has 1 aliphatic rings. The summed E-state index contributed by atoms with van der Waals surface area (Å²) in [4.78, 5) is 29.4. The number of nitrogens with one attached hydrogen (secondary N) is 2. The van der Waals surface area contributed by atoms with Crippen LogP contribution in [0.4, 0.5) is 4.79 Å². The average Bonchev–Trinajstić information content (AvgIpc) is 3.43. The molecule has 3 aromatic carbocycles. The van der Waals surface area contributed by atoms with Crippen LogP contribution >= 0.6 is 0 Å². The van der Waals surface area contributed by atoms with E-state index in [4.69, 9.17) is 14.2 Å². The Kier molecular flexibility index (Phi) is 16.1. The van der Waals surface area contributed by atoms with Crippen molar-refractivity contribution in [2.75, 3.05) is 47.1 Å². The van der Waals surface area contributed by atoms with Crippen LogP contribution in [0, 0.1) is 5.92 Å². The molecule has 0 fully saturated rings.